The van der Waals surface area contributed by atoms with Crippen LogP contribution in [-0.2, 0) is 15.6 Å². The van der Waals surface area contributed by atoms with E-state index in [1.807, 2.05) is 38.1 Å². The third-order valence-corrected chi connectivity index (χ3v) is 5.35. The molecular weight excluding hydrogens is 292 g/mol. The lowest BCUT2D eigenvalue weighted by Gasteiger charge is -2.04. The van der Waals surface area contributed by atoms with Crippen molar-refractivity contribution in [1.29, 1.82) is 0 Å². The molecule has 1 heterocycles. The molecule has 2 rings (SSSR count). The fraction of sp³-hybridized carbons (Fsp3) is 0.267. The van der Waals surface area contributed by atoms with Gasteiger partial charge in [-0.2, -0.15) is 0 Å². The van der Waals surface area contributed by atoms with Crippen molar-refractivity contribution in [1.82, 2.24) is 0 Å². The lowest BCUT2D eigenvalue weighted by Crippen LogP contribution is -2.17. The van der Waals surface area contributed by atoms with Gasteiger partial charge in [0.1, 0.15) is 5.75 Å². The van der Waals surface area contributed by atoms with E-state index in [9.17, 15) is 13.2 Å². The molecule has 1 aromatic heterocycles. The van der Waals surface area contributed by atoms with Gasteiger partial charge in [0.15, 0.2) is 15.6 Å². The SMILES string of the molecule is Cc1cccc(CS(=O)(=O)CC(=O)c2ccc(C)s2)c1. The highest BCUT2D eigenvalue weighted by Gasteiger charge is 2.19. The van der Waals surface area contributed by atoms with E-state index in [0.717, 1.165) is 16.0 Å². The Hall–Kier alpha value is -1.46. The van der Waals surface area contributed by atoms with E-state index in [4.69, 9.17) is 0 Å². The lowest BCUT2D eigenvalue weighted by molar-refractivity contribution is 0.102. The molecule has 1 aromatic carbocycles. The van der Waals surface area contributed by atoms with Crippen molar-refractivity contribution in [2.24, 2.45) is 0 Å². The van der Waals surface area contributed by atoms with Crippen LogP contribution in [0.3, 0.4) is 0 Å². The number of thiophene rings is 1. The molecule has 20 heavy (non-hydrogen) atoms. The average Bonchev–Trinajstić information content (AvgIpc) is 2.74. The molecule has 106 valence electrons. The van der Waals surface area contributed by atoms with Gasteiger partial charge in [0, 0.05) is 4.88 Å². The molecule has 0 spiro atoms. The van der Waals surface area contributed by atoms with Gasteiger partial charge in [-0.15, -0.1) is 11.3 Å². The van der Waals surface area contributed by atoms with E-state index in [0.29, 0.717) is 4.88 Å². The number of Topliss-reactive ketones (excluding diaryl/α,β-unsaturated/α-hetero) is 1. The van der Waals surface area contributed by atoms with Crippen LogP contribution < -0.4 is 0 Å². The Morgan fingerprint density at radius 1 is 1.15 bits per heavy atom. The number of hydrogen-bond donors (Lipinski definition) is 0. The number of carbonyl (C=O) groups is 1. The summed E-state index contributed by atoms with van der Waals surface area (Å²) in [5, 5.41) is 0. The number of aryl methyl sites for hydroxylation is 2. The van der Waals surface area contributed by atoms with Crippen molar-refractivity contribution >= 4 is 27.0 Å². The van der Waals surface area contributed by atoms with Crippen LogP contribution in [0.25, 0.3) is 0 Å². The molecule has 0 aliphatic heterocycles. The summed E-state index contributed by atoms with van der Waals surface area (Å²) in [6, 6.07) is 10.8. The molecule has 0 N–H and O–H groups in total. The van der Waals surface area contributed by atoms with E-state index in [-0.39, 0.29) is 11.5 Å². The van der Waals surface area contributed by atoms with Crippen molar-refractivity contribution in [3.05, 3.63) is 57.3 Å². The first-order valence-corrected chi connectivity index (χ1v) is 8.85. The Morgan fingerprint density at radius 2 is 1.90 bits per heavy atom. The highest BCUT2D eigenvalue weighted by Crippen LogP contribution is 2.17. The van der Waals surface area contributed by atoms with Crippen LogP contribution in [0.4, 0.5) is 0 Å². The Kier molecular flexibility index (Phi) is 4.40. The Morgan fingerprint density at radius 3 is 2.50 bits per heavy atom. The number of ketones is 1. The second-order valence-electron chi connectivity index (χ2n) is 4.85. The molecule has 2 aromatic rings. The molecular formula is C15H16O3S2. The molecule has 0 atom stereocenters. The van der Waals surface area contributed by atoms with Gasteiger partial charge in [0.2, 0.25) is 0 Å². The first-order valence-electron chi connectivity index (χ1n) is 6.21. The van der Waals surface area contributed by atoms with Crippen LogP contribution >= 0.6 is 11.3 Å². The van der Waals surface area contributed by atoms with E-state index < -0.39 is 15.6 Å². The van der Waals surface area contributed by atoms with Gasteiger partial charge in [-0.25, -0.2) is 8.42 Å². The molecule has 0 fully saturated rings. The molecule has 0 saturated heterocycles. The number of benzene rings is 1. The van der Waals surface area contributed by atoms with Crippen LogP contribution in [0.1, 0.15) is 25.7 Å². The number of carbonyl (C=O) groups excluding carboxylic acids is 1. The van der Waals surface area contributed by atoms with E-state index in [1.165, 1.54) is 11.3 Å². The molecule has 0 aliphatic rings. The van der Waals surface area contributed by atoms with E-state index in [2.05, 4.69) is 0 Å². The third-order valence-electron chi connectivity index (χ3n) is 2.84. The van der Waals surface area contributed by atoms with Gasteiger partial charge in [0.25, 0.3) is 0 Å². The van der Waals surface area contributed by atoms with Crippen LogP contribution in [0.2, 0.25) is 0 Å². The maximum Gasteiger partial charge on any atom is 0.187 e. The minimum Gasteiger partial charge on any atom is -0.292 e. The zero-order valence-electron chi connectivity index (χ0n) is 11.4. The fourth-order valence-electron chi connectivity index (χ4n) is 1.96. The summed E-state index contributed by atoms with van der Waals surface area (Å²) in [6.07, 6.45) is 0. The monoisotopic (exact) mass is 308 g/mol. The Bertz CT molecular complexity index is 727. The summed E-state index contributed by atoms with van der Waals surface area (Å²) in [5.41, 5.74) is 1.73. The molecule has 0 radical (unpaired) electrons. The summed E-state index contributed by atoms with van der Waals surface area (Å²) >= 11 is 1.33. The second-order valence-corrected chi connectivity index (χ2v) is 8.21. The maximum absolute atomic E-state index is 12.1. The van der Waals surface area contributed by atoms with Crippen molar-refractivity contribution < 1.29 is 13.2 Å². The summed E-state index contributed by atoms with van der Waals surface area (Å²) in [7, 11) is -3.43. The quantitative estimate of drug-likeness (QED) is 0.797. The highest BCUT2D eigenvalue weighted by atomic mass is 32.2. The van der Waals surface area contributed by atoms with Gasteiger partial charge in [-0.1, -0.05) is 29.8 Å². The van der Waals surface area contributed by atoms with E-state index >= 15 is 0 Å². The van der Waals surface area contributed by atoms with Gasteiger partial charge in [-0.3, -0.25) is 4.79 Å². The van der Waals surface area contributed by atoms with Gasteiger partial charge in [-0.05, 0) is 31.5 Å². The standard InChI is InChI=1S/C15H16O3S2/c1-11-4-3-5-13(8-11)9-20(17,18)10-14(16)15-7-6-12(2)19-15/h3-8H,9-10H2,1-2H3. The predicted molar refractivity (Wildman–Crippen MR) is 82.1 cm³/mol. The van der Waals surface area contributed by atoms with Gasteiger partial charge >= 0.3 is 0 Å². The Labute approximate surface area is 123 Å². The molecule has 0 unspecified atom stereocenters. The second kappa shape index (κ2) is 5.89. The van der Waals surface area contributed by atoms with Gasteiger partial charge < -0.3 is 0 Å². The summed E-state index contributed by atoms with van der Waals surface area (Å²) < 4.78 is 24.2. The maximum atomic E-state index is 12.1. The zero-order chi connectivity index (χ0) is 14.8. The normalized spacial score (nSPS) is 11.5. The van der Waals surface area contributed by atoms with Crippen molar-refractivity contribution in [3.63, 3.8) is 0 Å². The third kappa shape index (κ3) is 4.02. The van der Waals surface area contributed by atoms with Crippen LogP contribution in [-0.4, -0.2) is 20.0 Å². The molecule has 0 amide bonds. The van der Waals surface area contributed by atoms with Crippen LogP contribution in [0, 0.1) is 13.8 Å². The van der Waals surface area contributed by atoms with Crippen molar-refractivity contribution in [2.75, 3.05) is 5.75 Å². The average molecular weight is 308 g/mol. The number of hydrogen-bond acceptors (Lipinski definition) is 4. The first kappa shape index (κ1) is 14.9. The zero-order valence-corrected chi connectivity index (χ0v) is 13.1. The van der Waals surface area contributed by atoms with Crippen molar-refractivity contribution in [2.45, 2.75) is 19.6 Å². The number of sulfone groups is 1. The molecule has 0 bridgehead atoms. The predicted octanol–water partition coefficient (Wildman–Crippen LogP) is 3.16. The minimum atomic E-state index is -3.43. The lowest BCUT2D eigenvalue weighted by atomic mass is 10.2. The Balaban J connectivity index is 2.10. The van der Waals surface area contributed by atoms with Crippen LogP contribution in [0.5, 0.6) is 0 Å². The van der Waals surface area contributed by atoms with Crippen molar-refractivity contribution in [3.8, 4) is 0 Å². The van der Waals surface area contributed by atoms with E-state index in [1.54, 1.807) is 12.1 Å². The largest absolute Gasteiger partial charge is 0.292 e. The summed E-state index contributed by atoms with van der Waals surface area (Å²) in [5.74, 6) is -0.846. The fourth-order valence-corrected chi connectivity index (χ4v) is 4.20. The molecule has 3 nitrogen and oxygen atoms in total. The summed E-state index contributed by atoms with van der Waals surface area (Å²) in [4.78, 5) is 13.5. The topological polar surface area (TPSA) is 51.2 Å². The van der Waals surface area contributed by atoms with Gasteiger partial charge in [0.05, 0.1) is 10.6 Å². The summed E-state index contributed by atoms with van der Waals surface area (Å²) in [6.45, 7) is 3.80. The highest BCUT2D eigenvalue weighted by molar-refractivity contribution is 7.91. The molecule has 0 saturated carbocycles. The first-order chi connectivity index (χ1) is 9.35. The molecule has 0 aliphatic carbocycles. The minimum absolute atomic E-state index is 0.0925. The van der Waals surface area contributed by atoms with Crippen LogP contribution in [0.15, 0.2) is 36.4 Å². The number of rotatable bonds is 5. The molecule has 5 heteroatoms. The smallest absolute Gasteiger partial charge is 0.187 e.